The number of rotatable bonds is 10. The van der Waals surface area contributed by atoms with Crippen molar-refractivity contribution in [3.05, 3.63) is 60.4 Å². The van der Waals surface area contributed by atoms with Gasteiger partial charge < -0.3 is 19.3 Å². The molecule has 0 unspecified atom stereocenters. The standard InChI is InChI=1S/C27H31NO6/c1-16(2)26(34-21-11-10-19-8-6-7-9-20(19)15-21)18(4)33-27(31)17(3)14-22(29)24-25(30)23(32-5)12-13-28-24/h6-13,15-18,26,30H,14H2,1-5H3/t17-,18+,26-/m1/s1. The molecule has 0 saturated carbocycles. The zero-order valence-electron chi connectivity index (χ0n) is 20.1. The first-order valence-electron chi connectivity index (χ1n) is 11.3. The maximum Gasteiger partial charge on any atom is 0.309 e. The number of ketones is 1. The van der Waals surface area contributed by atoms with Crippen molar-refractivity contribution in [2.24, 2.45) is 11.8 Å². The molecule has 0 bridgehead atoms. The third kappa shape index (κ3) is 5.84. The van der Waals surface area contributed by atoms with Gasteiger partial charge in [-0.2, -0.15) is 0 Å². The van der Waals surface area contributed by atoms with Gasteiger partial charge in [-0.15, -0.1) is 0 Å². The number of esters is 1. The molecule has 7 nitrogen and oxygen atoms in total. The second kappa shape index (κ2) is 11.0. The molecule has 3 aromatic rings. The first-order valence-corrected chi connectivity index (χ1v) is 11.3. The van der Waals surface area contributed by atoms with Crippen LogP contribution in [0, 0.1) is 11.8 Å². The molecule has 3 atom stereocenters. The number of pyridine rings is 1. The highest BCUT2D eigenvalue weighted by Gasteiger charge is 2.30. The number of hydrogen-bond donors (Lipinski definition) is 1. The number of carbonyl (C=O) groups excluding carboxylic acids is 2. The Balaban J connectivity index is 1.65. The van der Waals surface area contributed by atoms with E-state index in [2.05, 4.69) is 4.98 Å². The van der Waals surface area contributed by atoms with Gasteiger partial charge in [-0.3, -0.25) is 9.59 Å². The summed E-state index contributed by atoms with van der Waals surface area (Å²) in [7, 11) is 1.38. The number of carbonyl (C=O) groups is 2. The zero-order valence-corrected chi connectivity index (χ0v) is 20.1. The van der Waals surface area contributed by atoms with Crippen molar-refractivity contribution >= 4 is 22.5 Å². The monoisotopic (exact) mass is 465 g/mol. The molecule has 7 heteroatoms. The topological polar surface area (TPSA) is 95.0 Å². The number of aromatic hydroxyl groups is 1. The molecule has 1 N–H and O–H groups in total. The molecular weight excluding hydrogens is 434 g/mol. The highest BCUT2D eigenvalue weighted by atomic mass is 16.6. The predicted molar refractivity (Wildman–Crippen MR) is 129 cm³/mol. The maximum absolute atomic E-state index is 12.7. The lowest BCUT2D eigenvalue weighted by atomic mass is 10.0. The lowest BCUT2D eigenvalue weighted by molar-refractivity contribution is -0.158. The van der Waals surface area contributed by atoms with Crippen molar-refractivity contribution in [2.45, 2.75) is 46.3 Å². The quantitative estimate of drug-likeness (QED) is 0.325. The van der Waals surface area contributed by atoms with Gasteiger partial charge in [-0.25, -0.2) is 4.98 Å². The van der Waals surface area contributed by atoms with E-state index in [0.717, 1.165) is 10.8 Å². The third-order valence-corrected chi connectivity index (χ3v) is 5.68. The molecule has 2 aromatic carbocycles. The van der Waals surface area contributed by atoms with Gasteiger partial charge >= 0.3 is 5.97 Å². The Morgan fingerprint density at radius 3 is 2.38 bits per heavy atom. The van der Waals surface area contributed by atoms with Gasteiger partial charge in [0.05, 0.1) is 13.0 Å². The van der Waals surface area contributed by atoms with Crippen molar-refractivity contribution in [3.8, 4) is 17.2 Å². The smallest absolute Gasteiger partial charge is 0.309 e. The van der Waals surface area contributed by atoms with E-state index in [1.165, 1.54) is 19.4 Å². The van der Waals surface area contributed by atoms with Crippen LogP contribution in [0.2, 0.25) is 0 Å². The van der Waals surface area contributed by atoms with Crippen LogP contribution in [0.15, 0.2) is 54.7 Å². The van der Waals surface area contributed by atoms with Gasteiger partial charge in [0, 0.05) is 18.7 Å². The van der Waals surface area contributed by atoms with Gasteiger partial charge in [0.15, 0.2) is 23.0 Å². The number of aromatic nitrogens is 1. The lowest BCUT2D eigenvalue weighted by Crippen LogP contribution is -2.38. The SMILES string of the molecule is COc1ccnc(C(=O)C[C@@H](C)C(=O)O[C@@H](C)[C@H](Oc2ccc3ccccc3c2)C(C)C)c1O. The molecule has 1 heterocycles. The molecule has 180 valence electrons. The molecule has 0 aliphatic carbocycles. The summed E-state index contributed by atoms with van der Waals surface area (Å²) in [5.41, 5.74) is -0.133. The largest absolute Gasteiger partial charge is 0.503 e. The number of fused-ring (bicyclic) bond motifs is 1. The fourth-order valence-corrected chi connectivity index (χ4v) is 3.80. The Bertz CT molecular complexity index is 1160. The van der Waals surface area contributed by atoms with Gasteiger partial charge in [0.25, 0.3) is 0 Å². The van der Waals surface area contributed by atoms with Crippen LogP contribution in [-0.4, -0.2) is 41.2 Å². The minimum Gasteiger partial charge on any atom is -0.503 e. The zero-order chi connectivity index (χ0) is 24.8. The van der Waals surface area contributed by atoms with E-state index in [0.29, 0.717) is 5.75 Å². The van der Waals surface area contributed by atoms with Crippen LogP contribution < -0.4 is 9.47 Å². The predicted octanol–water partition coefficient (Wildman–Crippen LogP) is 5.19. The van der Waals surface area contributed by atoms with Gasteiger partial charge in [0.1, 0.15) is 18.0 Å². The van der Waals surface area contributed by atoms with Crippen LogP contribution in [0.1, 0.15) is 44.6 Å². The van der Waals surface area contributed by atoms with Crippen LogP contribution >= 0.6 is 0 Å². The number of methoxy groups -OCH3 is 1. The Labute approximate surface area is 199 Å². The Morgan fingerprint density at radius 1 is 1.00 bits per heavy atom. The van der Waals surface area contributed by atoms with Crippen LogP contribution in [0.25, 0.3) is 10.8 Å². The van der Waals surface area contributed by atoms with Gasteiger partial charge in [0.2, 0.25) is 0 Å². The van der Waals surface area contributed by atoms with E-state index in [4.69, 9.17) is 14.2 Å². The number of ether oxygens (including phenoxy) is 3. The highest BCUT2D eigenvalue weighted by Crippen LogP contribution is 2.29. The summed E-state index contributed by atoms with van der Waals surface area (Å²) >= 11 is 0. The summed E-state index contributed by atoms with van der Waals surface area (Å²) in [6, 6.07) is 15.3. The average molecular weight is 466 g/mol. The third-order valence-electron chi connectivity index (χ3n) is 5.68. The molecule has 0 aliphatic heterocycles. The number of Topliss-reactive ketones (excluding diaryl/α,β-unsaturated/α-hetero) is 1. The van der Waals surface area contributed by atoms with Crippen LogP contribution in [0.5, 0.6) is 17.2 Å². The molecule has 3 rings (SSSR count). The molecule has 0 radical (unpaired) electrons. The highest BCUT2D eigenvalue weighted by molar-refractivity contribution is 5.99. The normalized spacial score (nSPS) is 13.8. The molecular formula is C27H31NO6. The maximum atomic E-state index is 12.7. The number of hydrogen-bond acceptors (Lipinski definition) is 7. The summed E-state index contributed by atoms with van der Waals surface area (Å²) < 4.78 is 16.9. The van der Waals surface area contributed by atoms with Crippen molar-refractivity contribution in [2.75, 3.05) is 7.11 Å². The minimum atomic E-state index is -0.726. The molecule has 34 heavy (non-hydrogen) atoms. The second-order valence-corrected chi connectivity index (χ2v) is 8.72. The van der Waals surface area contributed by atoms with E-state index in [9.17, 15) is 14.7 Å². The average Bonchev–Trinajstić information content (AvgIpc) is 2.82. The fourth-order valence-electron chi connectivity index (χ4n) is 3.80. The summed E-state index contributed by atoms with van der Waals surface area (Å²) in [5, 5.41) is 12.3. The van der Waals surface area contributed by atoms with Crippen molar-refractivity contribution in [1.29, 1.82) is 0 Å². The summed E-state index contributed by atoms with van der Waals surface area (Å²) in [6.45, 7) is 7.40. The van der Waals surface area contributed by atoms with Crippen LogP contribution in [-0.2, 0) is 9.53 Å². The van der Waals surface area contributed by atoms with E-state index in [1.54, 1.807) is 13.8 Å². The lowest BCUT2D eigenvalue weighted by Gasteiger charge is -2.29. The van der Waals surface area contributed by atoms with E-state index >= 15 is 0 Å². The molecule has 0 fully saturated rings. The molecule has 0 saturated heterocycles. The minimum absolute atomic E-state index is 0.0733. The summed E-state index contributed by atoms with van der Waals surface area (Å²) in [4.78, 5) is 29.3. The molecule has 0 aliphatic rings. The molecule has 0 spiro atoms. The molecule has 1 aromatic heterocycles. The van der Waals surface area contributed by atoms with Gasteiger partial charge in [-0.05, 0) is 35.7 Å². The fraction of sp³-hybridized carbons (Fsp3) is 0.370. The van der Waals surface area contributed by atoms with Crippen molar-refractivity contribution < 1.29 is 28.9 Å². The van der Waals surface area contributed by atoms with Crippen molar-refractivity contribution in [3.63, 3.8) is 0 Å². The van der Waals surface area contributed by atoms with E-state index in [-0.39, 0.29) is 35.6 Å². The number of nitrogens with zero attached hydrogens (tertiary/aromatic N) is 1. The number of benzene rings is 2. The molecule has 0 amide bonds. The summed E-state index contributed by atoms with van der Waals surface area (Å²) in [5.74, 6) is -1.14. The van der Waals surface area contributed by atoms with Gasteiger partial charge in [-0.1, -0.05) is 51.1 Å². The van der Waals surface area contributed by atoms with Crippen LogP contribution in [0.3, 0.4) is 0 Å². The van der Waals surface area contributed by atoms with E-state index in [1.807, 2.05) is 56.3 Å². The van der Waals surface area contributed by atoms with E-state index < -0.39 is 23.8 Å². The summed E-state index contributed by atoms with van der Waals surface area (Å²) in [6.07, 6.45) is 0.294. The Morgan fingerprint density at radius 2 is 1.71 bits per heavy atom. The van der Waals surface area contributed by atoms with Crippen LogP contribution in [0.4, 0.5) is 0 Å². The Kier molecular flexibility index (Phi) is 8.10. The second-order valence-electron chi connectivity index (χ2n) is 8.72. The van der Waals surface area contributed by atoms with Crippen molar-refractivity contribution in [1.82, 2.24) is 4.98 Å². The first kappa shape index (κ1) is 25.0. The Hall–Kier alpha value is -3.61. The first-order chi connectivity index (χ1) is 16.2.